The zero-order valence-electron chi connectivity index (χ0n) is 17.0. The molecule has 0 aliphatic carbocycles. The molecule has 0 saturated heterocycles. The third-order valence-corrected chi connectivity index (χ3v) is 5.62. The number of rotatable bonds is 5. The minimum atomic E-state index is -0.252. The Kier molecular flexibility index (Phi) is 6.66. The second kappa shape index (κ2) is 9.28. The Morgan fingerprint density at radius 3 is 2.10 bits per heavy atom. The first kappa shape index (κ1) is 22.3. The van der Waals surface area contributed by atoms with Crippen molar-refractivity contribution in [1.29, 1.82) is 0 Å². The van der Waals surface area contributed by atoms with Gasteiger partial charge in [0.05, 0.1) is 0 Å². The van der Waals surface area contributed by atoms with Gasteiger partial charge in [-0.1, -0.05) is 42.5 Å². The summed E-state index contributed by atoms with van der Waals surface area (Å²) in [6.07, 6.45) is 1.11. The average molecular weight is 453 g/mol. The Bertz CT molecular complexity index is 1240. The van der Waals surface area contributed by atoms with E-state index in [9.17, 15) is 9.59 Å². The molecule has 5 rings (SSSR count). The molecule has 8 heteroatoms. The van der Waals surface area contributed by atoms with Crippen molar-refractivity contribution in [3.63, 3.8) is 0 Å². The van der Waals surface area contributed by atoms with Crippen LogP contribution in [0.2, 0.25) is 0 Å². The molecule has 3 aromatic carbocycles. The molecule has 0 atom stereocenters. The number of carbonyl (C=O) groups is 2. The van der Waals surface area contributed by atoms with Gasteiger partial charge in [0.2, 0.25) is 0 Å². The van der Waals surface area contributed by atoms with Crippen molar-refractivity contribution in [3.05, 3.63) is 83.7 Å². The Morgan fingerprint density at radius 1 is 0.806 bits per heavy atom. The molecule has 0 bridgehead atoms. The molecule has 6 nitrogen and oxygen atoms in total. The number of imide groups is 1. The summed E-state index contributed by atoms with van der Waals surface area (Å²) in [5.41, 5.74) is 2.04. The summed E-state index contributed by atoms with van der Waals surface area (Å²) in [4.78, 5) is 27.3. The molecule has 2 amide bonds. The van der Waals surface area contributed by atoms with Gasteiger partial charge in [-0.05, 0) is 36.1 Å². The fraction of sp³-hybridized carbons (Fsp3) is 0.130. The topological polar surface area (TPSA) is 68.1 Å². The largest absolute Gasteiger partial charge is 1.00 e. The predicted molar refractivity (Wildman–Crippen MR) is 115 cm³/mol. The molecule has 1 aliphatic heterocycles. The standard InChI is InChI=1S/C23H18N4O2S.K/c28-21-17-11-4-7-15-8-5-12-18(20(15)17)22(29)26(21)14-6-13-19-24-25-23(30)27(19)16-9-2-1-3-10-16;/h1-5,7-12H,6,13-14H2,(H,25,30);/q;+1/p-1. The fourth-order valence-electron chi connectivity index (χ4n) is 3.98. The van der Waals surface area contributed by atoms with Crippen LogP contribution in [0.5, 0.6) is 0 Å². The quantitative estimate of drug-likeness (QED) is 0.252. The van der Waals surface area contributed by atoms with Crippen LogP contribution in [0.15, 0.2) is 71.9 Å². The molecule has 1 aromatic heterocycles. The van der Waals surface area contributed by atoms with Gasteiger partial charge in [-0.15, -0.1) is 5.10 Å². The first-order valence-corrected chi connectivity index (χ1v) is 10.1. The SMILES string of the molecule is O=C1c2cccc3cccc(c23)C(=O)N1CCCc1nnc([S-])n1-c1ccccc1.[K+]. The van der Waals surface area contributed by atoms with Gasteiger partial charge in [0.15, 0.2) is 0 Å². The number of amides is 2. The Hall–Kier alpha value is -1.94. The molecule has 148 valence electrons. The van der Waals surface area contributed by atoms with Crippen LogP contribution in [0.25, 0.3) is 16.5 Å². The van der Waals surface area contributed by atoms with E-state index in [-0.39, 0.29) is 63.2 Å². The van der Waals surface area contributed by atoms with Crippen LogP contribution in [0, 0.1) is 0 Å². The van der Waals surface area contributed by atoms with E-state index in [4.69, 9.17) is 12.6 Å². The average Bonchev–Trinajstić information content (AvgIpc) is 3.15. The molecule has 0 saturated carbocycles. The minimum Gasteiger partial charge on any atom is -0.740 e. The fourth-order valence-corrected chi connectivity index (χ4v) is 4.23. The molecular formula is C23H17KN4O2S. The van der Waals surface area contributed by atoms with Crippen LogP contribution >= 0.6 is 0 Å². The summed E-state index contributed by atoms with van der Waals surface area (Å²) in [6, 6.07) is 20.8. The third-order valence-electron chi connectivity index (χ3n) is 5.35. The number of nitrogens with zero attached hydrogens (tertiary/aromatic N) is 4. The van der Waals surface area contributed by atoms with Crippen LogP contribution in [-0.4, -0.2) is 38.0 Å². The molecule has 2 heterocycles. The molecule has 0 fully saturated rings. The maximum atomic E-state index is 13.0. The summed E-state index contributed by atoms with van der Waals surface area (Å²) in [7, 11) is 0. The zero-order valence-corrected chi connectivity index (χ0v) is 20.9. The van der Waals surface area contributed by atoms with E-state index in [1.165, 1.54) is 4.90 Å². The van der Waals surface area contributed by atoms with Gasteiger partial charge in [-0.3, -0.25) is 14.5 Å². The molecule has 0 N–H and O–H groups in total. The maximum Gasteiger partial charge on any atom is 1.00 e. The first-order chi connectivity index (χ1) is 14.6. The molecule has 4 aromatic rings. The predicted octanol–water partition coefficient (Wildman–Crippen LogP) is 0.559. The van der Waals surface area contributed by atoms with Crippen molar-refractivity contribution in [2.75, 3.05) is 6.54 Å². The Morgan fingerprint density at radius 2 is 1.45 bits per heavy atom. The minimum absolute atomic E-state index is 0. The van der Waals surface area contributed by atoms with E-state index in [0.717, 1.165) is 16.5 Å². The number of carbonyl (C=O) groups excluding carboxylic acids is 2. The van der Waals surface area contributed by atoms with Gasteiger partial charge in [-0.25, -0.2) is 0 Å². The molecular weight excluding hydrogens is 435 g/mol. The van der Waals surface area contributed by atoms with Crippen molar-refractivity contribution >= 4 is 35.2 Å². The molecule has 0 spiro atoms. The van der Waals surface area contributed by atoms with E-state index in [1.807, 2.05) is 59.2 Å². The van der Waals surface area contributed by atoms with E-state index < -0.39 is 0 Å². The van der Waals surface area contributed by atoms with E-state index in [2.05, 4.69) is 10.2 Å². The third kappa shape index (κ3) is 3.99. The van der Waals surface area contributed by atoms with Gasteiger partial charge >= 0.3 is 51.4 Å². The van der Waals surface area contributed by atoms with E-state index in [0.29, 0.717) is 41.5 Å². The van der Waals surface area contributed by atoms with Gasteiger partial charge in [0, 0.05) is 40.3 Å². The number of aryl methyl sites for hydroxylation is 1. The van der Waals surface area contributed by atoms with Crippen LogP contribution in [-0.2, 0) is 19.0 Å². The molecule has 0 radical (unpaired) electrons. The smallest absolute Gasteiger partial charge is 0.740 e. The zero-order chi connectivity index (χ0) is 20.7. The summed E-state index contributed by atoms with van der Waals surface area (Å²) in [5.74, 6) is 0.209. The van der Waals surface area contributed by atoms with E-state index in [1.54, 1.807) is 12.1 Å². The normalized spacial score (nSPS) is 12.8. The van der Waals surface area contributed by atoms with Crippen LogP contribution in [0.4, 0.5) is 0 Å². The first-order valence-electron chi connectivity index (χ1n) is 9.70. The van der Waals surface area contributed by atoms with Crippen molar-refractivity contribution < 1.29 is 61.0 Å². The number of hydrogen-bond donors (Lipinski definition) is 0. The second-order valence-electron chi connectivity index (χ2n) is 7.14. The van der Waals surface area contributed by atoms with Gasteiger partial charge < -0.3 is 17.2 Å². The van der Waals surface area contributed by atoms with E-state index >= 15 is 0 Å². The van der Waals surface area contributed by atoms with Crippen molar-refractivity contribution in [1.82, 2.24) is 19.7 Å². The van der Waals surface area contributed by atoms with Gasteiger partial charge in [0.1, 0.15) is 5.82 Å². The molecule has 1 aliphatic rings. The summed E-state index contributed by atoms with van der Waals surface area (Å²) >= 11 is 5.32. The van der Waals surface area contributed by atoms with Gasteiger partial charge in [-0.2, -0.15) is 5.10 Å². The number of benzene rings is 3. The Labute approximate surface area is 227 Å². The van der Waals surface area contributed by atoms with Crippen LogP contribution in [0.1, 0.15) is 33.0 Å². The number of para-hydroxylation sites is 1. The Balaban J connectivity index is 0.00000231. The second-order valence-corrected chi connectivity index (χ2v) is 7.51. The summed E-state index contributed by atoms with van der Waals surface area (Å²) < 4.78 is 1.82. The monoisotopic (exact) mass is 452 g/mol. The number of aromatic nitrogens is 3. The summed E-state index contributed by atoms with van der Waals surface area (Å²) in [6.45, 7) is 0.302. The van der Waals surface area contributed by atoms with Crippen LogP contribution < -0.4 is 51.4 Å². The molecule has 31 heavy (non-hydrogen) atoms. The van der Waals surface area contributed by atoms with Crippen molar-refractivity contribution in [3.8, 4) is 5.69 Å². The van der Waals surface area contributed by atoms with Gasteiger partial charge in [0.25, 0.3) is 11.8 Å². The summed E-state index contributed by atoms with van der Waals surface area (Å²) in [5, 5.41) is 10.3. The van der Waals surface area contributed by atoms with Crippen molar-refractivity contribution in [2.45, 2.75) is 18.0 Å². The molecule has 0 unspecified atom stereocenters. The van der Waals surface area contributed by atoms with Crippen molar-refractivity contribution in [2.24, 2.45) is 0 Å². The maximum absolute atomic E-state index is 13.0. The number of hydrogen-bond acceptors (Lipinski definition) is 5. The van der Waals surface area contributed by atoms with Crippen LogP contribution in [0.3, 0.4) is 0 Å².